The maximum absolute atomic E-state index is 13.6. The molecule has 218 valence electrons. The molecule has 1 aliphatic heterocycles. The van der Waals surface area contributed by atoms with Gasteiger partial charge in [-0.1, -0.05) is 73.7 Å². The number of nitrogens with zero attached hydrogens (tertiary/aromatic N) is 3. The Balaban J connectivity index is 1.46. The molecular weight excluding hydrogens is 547 g/mol. The van der Waals surface area contributed by atoms with Gasteiger partial charge in [-0.25, -0.2) is 4.98 Å². The number of pyridine rings is 3. The van der Waals surface area contributed by atoms with Crippen molar-refractivity contribution in [2.75, 3.05) is 6.61 Å². The van der Waals surface area contributed by atoms with Crippen LogP contribution in [0.5, 0.6) is 5.75 Å². The summed E-state index contributed by atoms with van der Waals surface area (Å²) in [6.07, 6.45) is 16.3. The summed E-state index contributed by atoms with van der Waals surface area (Å²) < 4.78 is 19.8. The third kappa shape index (κ3) is 5.79. The van der Waals surface area contributed by atoms with Gasteiger partial charge < -0.3 is 10.1 Å². The monoisotopic (exact) mass is 580 g/mol. The van der Waals surface area contributed by atoms with Gasteiger partial charge in [0.1, 0.15) is 11.3 Å². The maximum Gasteiger partial charge on any atom is 0.212 e. The minimum atomic E-state index is -0.693. The number of para-hydroxylation sites is 1. The first-order chi connectivity index (χ1) is 21.6. The second-order valence-electron chi connectivity index (χ2n) is 10.7. The van der Waals surface area contributed by atoms with E-state index in [1.807, 2.05) is 61.1 Å². The molecule has 1 unspecified atom stereocenters. The predicted octanol–water partition coefficient (Wildman–Crippen LogP) is 8.47. The van der Waals surface area contributed by atoms with Crippen LogP contribution in [-0.2, 0) is 5.54 Å². The number of nitrogens with one attached hydrogen (secondary N) is 1. The highest BCUT2D eigenvalue weighted by Crippen LogP contribution is 2.44. The van der Waals surface area contributed by atoms with E-state index in [1.165, 1.54) is 12.3 Å². The van der Waals surface area contributed by atoms with Crippen LogP contribution in [-0.4, -0.2) is 21.6 Å². The second-order valence-corrected chi connectivity index (χ2v) is 10.7. The van der Waals surface area contributed by atoms with Crippen LogP contribution in [0.15, 0.2) is 128 Å². The number of hydrogen-bond acceptors (Lipinski definition) is 5. The van der Waals surface area contributed by atoms with Crippen LogP contribution < -0.4 is 10.1 Å². The molecule has 6 heteroatoms. The Hall–Kier alpha value is -5.36. The minimum absolute atomic E-state index is 0.514. The lowest BCUT2D eigenvalue weighted by atomic mass is 9.75. The summed E-state index contributed by atoms with van der Waals surface area (Å²) in [6.45, 7) is 4.86. The normalized spacial score (nSPS) is 16.2. The summed E-state index contributed by atoms with van der Waals surface area (Å²) >= 11 is 0. The van der Waals surface area contributed by atoms with E-state index in [0.29, 0.717) is 6.61 Å². The van der Waals surface area contributed by atoms with Crippen LogP contribution in [0, 0.1) is 5.95 Å². The highest BCUT2D eigenvalue weighted by atomic mass is 19.1. The fourth-order valence-electron chi connectivity index (χ4n) is 5.58. The first kappa shape index (κ1) is 28.7. The van der Waals surface area contributed by atoms with Crippen molar-refractivity contribution in [3.8, 4) is 16.9 Å². The average Bonchev–Trinajstić information content (AvgIpc) is 3.08. The van der Waals surface area contributed by atoms with E-state index in [0.717, 1.165) is 62.4 Å². The van der Waals surface area contributed by atoms with Gasteiger partial charge in [0, 0.05) is 64.4 Å². The van der Waals surface area contributed by atoms with E-state index in [1.54, 1.807) is 12.3 Å². The fraction of sp³-hybridized carbons (Fsp3) is 0.132. The highest BCUT2D eigenvalue weighted by molar-refractivity contribution is 5.85. The van der Waals surface area contributed by atoms with Crippen molar-refractivity contribution < 1.29 is 9.13 Å². The molecule has 5 nitrogen and oxygen atoms in total. The van der Waals surface area contributed by atoms with Gasteiger partial charge in [0.25, 0.3) is 0 Å². The van der Waals surface area contributed by atoms with Gasteiger partial charge in [-0.2, -0.15) is 4.39 Å². The molecular formula is C38H33FN4O. The quantitative estimate of drug-likeness (QED) is 0.177. The molecule has 1 aliphatic rings. The first-order valence-corrected chi connectivity index (χ1v) is 14.7. The van der Waals surface area contributed by atoms with Gasteiger partial charge in [-0.15, -0.1) is 0 Å². The number of hydrogen-bond donors (Lipinski definition) is 1. The molecule has 44 heavy (non-hydrogen) atoms. The number of halogens is 1. The van der Waals surface area contributed by atoms with Crippen molar-refractivity contribution in [1.29, 1.82) is 0 Å². The van der Waals surface area contributed by atoms with E-state index < -0.39 is 11.5 Å². The van der Waals surface area contributed by atoms with Crippen LogP contribution in [0.1, 0.15) is 48.2 Å². The molecule has 0 saturated heterocycles. The Morgan fingerprint density at radius 2 is 1.68 bits per heavy atom. The molecule has 0 amide bonds. The van der Waals surface area contributed by atoms with Gasteiger partial charge in [0.2, 0.25) is 5.95 Å². The molecule has 0 radical (unpaired) electrons. The van der Waals surface area contributed by atoms with E-state index in [2.05, 4.69) is 77.7 Å². The predicted molar refractivity (Wildman–Crippen MR) is 175 cm³/mol. The molecule has 0 fully saturated rings. The van der Waals surface area contributed by atoms with Crippen LogP contribution in [0.4, 0.5) is 4.39 Å². The highest BCUT2D eigenvalue weighted by Gasteiger charge is 2.40. The van der Waals surface area contributed by atoms with Crippen molar-refractivity contribution in [3.05, 3.63) is 161 Å². The summed E-state index contributed by atoms with van der Waals surface area (Å²) in [6, 6.07) is 27.5. The molecule has 0 saturated carbocycles. The topological polar surface area (TPSA) is 59.9 Å². The van der Waals surface area contributed by atoms with Crippen molar-refractivity contribution in [3.63, 3.8) is 0 Å². The summed E-state index contributed by atoms with van der Waals surface area (Å²) in [5, 5.41) is 3.77. The second kappa shape index (κ2) is 12.9. The Morgan fingerprint density at radius 1 is 0.864 bits per heavy atom. The summed E-state index contributed by atoms with van der Waals surface area (Å²) in [4.78, 5) is 13.2. The van der Waals surface area contributed by atoms with Crippen molar-refractivity contribution >= 4 is 17.7 Å². The van der Waals surface area contributed by atoms with E-state index in [9.17, 15) is 4.39 Å². The van der Waals surface area contributed by atoms with Gasteiger partial charge in [-0.05, 0) is 60.9 Å². The number of allylic oxidation sites excluding steroid dienone is 2. The third-order valence-electron chi connectivity index (χ3n) is 7.76. The number of ether oxygens (including phenoxy) is 1. The first-order valence-electron chi connectivity index (χ1n) is 14.7. The Labute approximate surface area is 257 Å². The third-order valence-corrected chi connectivity index (χ3v) is 7.76. The Kier molecular flexibility index (Phi) is 8.41. The molecule has 1 N–H and O–H groups in total. The fourth-order valence-corrected chi connectivity index (χ4v) is 5.58. The van der Waals surface area contributed by atoms with Crippen LogP contribution >= 0.6 is 0 Å². The minimum Gasteiger partial charge on any atom is -0.493 e. The van der Waals surface area contributed by atoms with E-state index >= 15 is 0 Å². The molecule has 5 aromatic rings. The molecule has 2 aromatic carbocycles. The van der Waals surface area contributed by atoms with E-state index in [4.69, 9.17) is 9.72 Å². The number of rotatable bonds is 9. The number of benzene rings is 2. The lowest BCUT2D eigenvalue weighted by Gasteiger charge is -2.40. The van der Waals surface area contributed by atoms with Crippen molar-refractivity contribution in [2.45, 2.75) is 25.8 Å². The Morgan fingerprint density at radius 3 is 2.43 bits per heavy atom. The van der Waals surface area contributed by atoms with Crippen molar-refractivity contribution in [2.24, 2.45) is 0 Å². The lowest BCUT2D eigenvalue weighted by molar-refractivity contribution is 0.307. The Bertz CT molecular complexity index is 1830. The van der Waals surface area contributed by atoms with Gasteiger partial charge in [-0.3, -0.25) is 9.97 Å². The zero-order chi connectivity index (χ0) is 30.4. The zero-order valence-electron chi connectivity index (χ0n) is 24.7. The van der Waals surface area contributed by atoms with Gasteiger partial charge >= 0.3 is 0 Å². The van der Waals surface area contributed by atoms with Crippen LogP contribution in [0.3, 0.4) is 0 Å². The molecule has 3 aromatic heterocycles. The van der Waals surface area contributed by atoms with Crippen molar-refractivity contribution in [1.82, 2.24) is 20.3 Å². The van der Waals surface area contributed by atoms with Gasteiger partial charge in [0.05, 0.1) is 12.3 Å². The summed E-state index contributed by atoms with van der Waals surface area (Å²) in [5.41, 5.74) is 7.80. The smallest absolute Gasteiger partial charge is 0.212 e. The molecule has 1 atom stereocenters. The average molecular weight is 581 g/mol. The molecule has 6 rings (SSSR count). The van der Waals surface area contributed by atoms with Crippen LogP contribution in [0.25, 0.3) is 28.9 Å². The SMILES string of the molecule is CCCOc1ccccc1C1(c2cccnc2)NC=C(c2ncc(-c3ccc(F)nc3)cc2C=Cc2ccccc2)C=C1C. The van der Waals surface area contributed by atoms with Gasteiger partial charge in [0.15, 0.2) is 0 Å². The number of dihydropyridines is 1. The summed E-state index contributed by atoms with van der Waals surface area (Å²) in [7, 11) is 0. The molecule has 0 spiro atoms. The molecule has 0 bridgehead atoms. The maximum atomic E-state index is 13.6. The zero-order valence-corrected chi connectivity index (χ0v) is 24.7. The lowest BCUT2D eigenvalue weighted by Crippen LogP contribution is -2.44. The molecule has 4 heterocycles. The van der Waals surface area contributed by atoms with Crippen LogP contribution in [0.2, 0.25) is 0 Å². The standard InChI is InChI=1S/C38H33FN4O/c1-3-20-44-35-14-8-7-13-34(35)38(33-12-9-19-40-26-33)27(2)21-32(25-43-38)37-29(16-15-28-10-5-4-6-11-28)22-31(24-42-37)30-17-18-36(39)41-23-30/h4-19,21-26,43H,3,20H2,1-2H3. The number of aromatic nitrogens is 3. The molecule has 0 aliphatic carbocycles. The largest absolute Gasteiger partial charge is 0.493 e. The van der Waals surface area contributed by atoms with E-state index in [-0.39, 0.29) is 0 Å². The summed E-state index contributed by atoms with van der Waals surface area (Å²) in [5.74, 6) is 0.317.